The molecule has 0 aliphatic carbocycles. The van der Waals surface area contributed by atoms with Gasteiger partial charge in [-0.15, -0.1) is 11.3 Å². The Morgan fingerprint density at radius 2 is 1.91 bits per heavy atom. The second-order valence-corrected chi connectivity index (χ2v) is 10.3. The lowest BCUT2D eigenvalue weighted by atomic mass is 9.83. The molecular formula is C27H27N5O2S. The van der Waals surface area contributed by atoms with Gasteiger partial charge in [0.2, 0.25) is 0 Å². The van der Waals surface area contributed by atoms with E-state index >= 15 is 0 Å². The molecule has 35 heavy (non-hydrogen) atoms. The van der Waals surface area contributed by atoms with Gasteiger partial charge in [-0.3, -0.25) is 9.59 Å². The Labute approximate surface area is 207 Å². The molecular weight excluding hydrogens is 458 g/mol. The number of rotatable bonds is 6. The molecule has 2 aliphatic rings. The van der Waals surface area contributed by atoms with E-state index in [-0.39, 0.29) is 11.5 Å². The van der Waals surface area contributed by atoms with E-state index in [4.69, 9.17) is 5.10 Å². The first-order valence-electron chi connectivity index (χ1n) is 12.1. The zero-order valence-electron chi connectivity index (χ0n) is 19.3. The molecule has 4 aromatic rings. The number of fused-ring (bicyclic) bond motifs is 4. The smallest absolute Gasteiger partial charge is 0.270 e. The minimum atomic E-state index is -0.127. The van der Waals surface area contributed by atoms with Crippen molar-refractivity contribution in [3.05, 3.63) is 93.9 Å². The van der Waals surface area contributed by atoms with E-state index in [1.165, 1.54) is 0 Å². The van der Waals surface area contributed by atoms with Crippen LogP contribution in [0.3, 0.4) is 0 Å². The molecule has 0 saturated carbocycles. The van der Waals surface area contributed by atoms with Gasteiger partial charge in [-0.2, -0.15) is 5.10 Å². The van der Waals surface area contributed by atoms with Crippen LogP contribution >= 0.6 is 11.3 Å². The average molecular weight is 486 g/mol. The number of hydrogen-bond donors (Lipinski definition) is 1. The van der Waals surface area contributed by atoms with Crippen molar-refractivity contribution in [3.63, 3.8) is 0 Å². The number of amides is 1. The lowest BCUT2D eigenvalue weighted by Gasteiger charge is -2.42. The van der Waals surface area contributed by atoms with E-state index in [1.807, 2.05) is 64.5 Å². The number of carbonyl (C=O) groups excluding carboxylic acids is 1. The number of likely N-dealkylation sites (tertiary alicyclic amines) is 1. The molecule has 2 atom stereocenters. The summed E-state index contributed by atoms with van der Waals surface area (Å²) in [7, 11) is 0. The summed E-state index contributed by atoms with van der Waals surface area (Å²) in [6, 6.07) is 21.2. The summed E-state index contributed by atoms with van der Waals surface area (Å²) < 4.78 is 3.68. The van der Waals surface area contributed by atoms with Gasteiger partial charge in [0, 0.05) is 50.4 Å². The minimum Gasteiger partial charge on any atom is -0.349 e. The molecule has 6 rings (SSSR count). The van der Waals surface area contributed by atoms with Crippen LogP contribution in [-0.4, -0.2) is 51.3 Å². The Kier molecular flexibility index (Phi) is 5.83. The molecule has 2 unspecified atom stereocenters. The molecule has 3 aromatic heterocycles. The quantitative estimate of drug-likeness (QED) is 0.453. The van der Waals surface area contributed by atoms with Crippen LogP contribution in [0.1, 0.15) is 28.5 Å². The van der Waals surface area contributed by atoms with Gasteiger partial charge >= 0.3 is 0 Å². The van der Waals surface area contributed by atoms with Crippen LogP contribution in [0, 0.1) is 5.92 Å². The fourth-order valence-electron chi connectivity index (χ4n) is 5.45. The number of aromatic nitrogens is 3. The molecule has 1 fully saturated rings. The molecule has 7 nitrogen and oxygen atoms in total. The SMILES string of the molecule is O=C(NCCN1CC2CC(C1)c1cccc(=O)n1C2)c1cc(-c2cccs2)nn1-c1ccccc1. The molecule has 1 aromatic carbocycles. The standard InChI is InChI=1S/C27H27N5O2S/c33-26-10-4-8-23-20-14-19(17-31(23)26)16-30(18-20)12-11-28-27(34)24-15-22(25-9-5-13-35-25)29-32(24)21-6-2-1-3-7-21/h1-10,13,15,19-20H,11-12,14,16-18H2,(H,28,34). The van der Waals surface area contributed by atoms with Crippen molar-refractivity contribution in [1.82, 2.24) is 24.6 Å². The largest absolute Gasteiger partial charge is 0.349 e. The zero-order valence-corrected chi connectivity index (χ0v) is 20.2. The molecule has 2 aliphatic heterocycles. The average Bonchev–Trinajstić information content (AvgIpc) is 3.56. The van der Waals surface area contributed by atoms with Crippen molar-refractivity contribution in [2.24, 2.45) is 5.92 Å². The number of thiophene rings is 1. The second-order valence-electron chi connectivity index (χ2n) is 9.35. The molecule has 1 amide bonds. The molecule has 1 N–H and O–H groups in total. The Morgan fingerprint density at radius 1 is 1.03 bits per heavy atom. The molecule has 1 saturated heterocycles. The highest BCUT2D eigenvalue weighted by molar-refractivity contribution is 7.13. The van der Waals surface area contributed by atoms with Gasteiger partial charge in [0.05, 0.1) is 10.6 Å². The number of hydrogen-bond acceptors (Lipinski definition) is 5. The van der Waals surface area contributed by atoms with E-state index in [1.54, 1.807) is 22.1 Å². The highest BCUT2D eigenvalue weighted by Gasteiger charge is 2.34. The molecule has 0 spiro atoms. The number of pyridine rings is 1. The fourth-order valence-corrected chi connectivity index (χ4v) is 6.13. The third-order valence-corrected chi connectivity index (χ3v) is 7.88. The molecule has 2 bridgehead atoms. The summed E-state index contributed by atoms with van der Waals surface area (Å²) >= 11 is 1.61. The van der Waals surface area contributed by atoms with Gasteiger partial charge in [0.1, 0.15) is 11.4 Å². The van der Waals surface area contributed by atoms with E-state index < -0.39 is 0 Å². The first kappa shape index (κ1) is 22.0. The van der Waals surface area contributed by atoms with Gasteiger partial charge in [0.25, 0.3) is 11.5 Å². The second kappa shape index (κ2) is 9.28. The molecule has 8 heteroatoms. The Balaban J connectivity index is 1.15. The number of piperidine rings is 1. The van der Waals surface area contributed by atoms with Crippen molar-refractivity contribution < 1.29 is 4.79 Å². The normalized spacial score (nSPS) is 19.3. The lowest BCUT2D eigenvalue weighted by Crippen LogP contribution is -2.48. The Hall–Kier alpha value is -3.49. The molecule has 178 valence electrons. The van der Waals surface area contributed by atoms with E-state index in [0.29, 0.717) is 24.1 Å². The van der Waals surface area contributed by atoms with Gasteiger partial charge in [0.15, 0.2) is 0 Å². The molecule has 5 heterocycles. The van der Waals surface area contributed by atoms with E-state index in [2.05, 4.69) is 16.3 Å². The summed E-state index contributed by atoms with van der Waals surface area (Å²) in [5, 5.41) is 9.87. The maximum Gasteiger partial charge on any atom is 0.270 e. The first-order chi connectivity index (χ1) is 17.2. The summed E-state index contributed by atoms with van der Waals surface area (Å²) in [5.74, 6) is 0.725. The summed E-state index contributed by atoms with van der Waals surface area (Å²) in [5.41, 5.74) is 3.44. The van der Waals surface area contributed by atoms with Gasteiger partial charge in [-0.25, -0.2) is 4.68 Å². The van der Waals surface area contributed by atoms with Crippen molar-refractivity contribution in [2.75, 3.05) is 26.2 Å². The first-order valence-corrected chi connectivity index (χ1v) is 12.9. The Morgan fingerprint density at radius 3 is 2.74 bits per heavy atom. The van der Waals surface area contributed by atoms with Crippen molar-refractivity contribution in [1.29, 1.82) is 0 Å². The third-order valence-electron chi connectivity index (χ3n) is 6.99. The van der Waals surface area contributed by atoms with Crippen LogP contribution in [0.25, 0.3) is 16.3 Å². The monoisotopic (exact) mass is 485 g/mol. The van der Waals surface area contributed by atoms with Crippen molar-refractivity contribution in [2.45, 2.75) is 18.9 Å². The van der Waals surface area contributed by atoms with Crippen LogP contribution in [-0.2, 0) is 6.54 Å². The van der Waals surface area contributed by atoms with Crippen LogP contribution in [0.15, 0.2) is 76.9 Å². The predicted molar refractivity (Wildman–Crippen MR) is 137 cm³/mol. The minimum absolute atomic E-state index is 0.106. The lowest BCUT2D eigenvalue weighted by molar-refractivity contribution is 0.0920. The van der Waals surface area contributed by atoms with Crippen LogP contribution < -0.4 is 10.9 Å². The highest BCUT2D eigenvalue weighted by atomic mass is 32.1. The molecule has 0 radical (unpaired) electrons. The van der Waals surface area contributed by atoms with Crippen LogP contribution in [0.2, 0.25) is 0 Å². The van der Waals surface area contributed by atoms with Crippen molar-refractivity contribution in [3.8, 4) is 16.3 Å². The highest BCUT2D eigenvalue weighted by Crippen LogP contribution is 2.34. The maximum absolute atomic E-state index is 13.2. The summed E-state index contributed by atoms with van der Waals surface area (Å²) in [4.78, 5) is 29.0. The van der Waals surface area contributed by atoms with Crippen LogP contribution in [0.4, 0.5) is 0 Å². The van der Waals surface area contributed by atoms with Gasteiger partial charge in [-0.05, 0) is 48.1 Å². The van der Waals surface area contributed by atoms with Crippen LogP contribution in [0.5, 0.6) is 0 Å². The Bertz CT molecular complexity index is 1390. The number of nitrogens with one attached hydrogen (secondary N) is 1. The zero-order chi connectivity index (χ0) is 23.8. The number of benzene rings is 1. The topological polar surface area (TPSA) is 72.2 Å². The van der Waals surface area contributed by atoms with Gasteiger partial charge in [-0.1, -0.05) is 30.3 Å². The number of nitrogens with zero attached hydrogens (tertiary/aromatic N) is 4. The maximum atomic E-state index is 13.2. The number of para-hydroxylation sites is 1. The third kappa shape index (κ3) is 4.35. The summed E-state index contributed by atoms with van der Waals surface area (Å²) in [6.07, 6.45) is 1.13. The van der Waals surface area contributed by atoms with E-state index in [9.17, 15) is 9.59 Å². The summed E-state index contributed by atoms with van der Waals surface area (Å²) in [6.45, 7) is 4.01. The number of carbonyl (C=O) groups is 1. The predicted octanol–water partition coefficient (Wildman–Crippen LogP) is 3.61. The van der Waals surface area contributed by atoms with Crippen molar-refractivity contribution >= 4 is 17.2 Å². The fraction of sp³-hybridized carbons (Fsp3) is 0.296. The van der Waals surface area contributed by atoms with Gasteiger partial charge < -0.3 is 14.8 Å². The van der Waals surface area contributed by atoms with E-state index in [0.717, 1.165) is 54.6 Å².